The first-order chi connectivity index (χ1) is 12.6. The van der Waals surface area contributed by atoms with Crippen LogP contribution in [0.1, 0.15) is 62.4 Å². The van der Waals surface area contributed by atoms with Gasteiger partial charge in [0.15, 0.2) is 5.96 Å². The Labute approximate surface area is 181 Å². The van der Waals surface area contributed by atoms with Crippen molar-refractivity contribution in [1.82, 2.24) is 20.4 Å². The minimum absolute atomic E-state index is 0. The van der Waals surface area contributed by atoms with E-state index in [1.54, 1.807) is 0 Å². The molecule has 0 aliphatic heterocycles. The lowest BCUT2D eigenvalue weighted by Crippen LogP contribution is -2.38. The van der Waals surface area contributed by atoms with Crippen LogP contribution in [0.5, 0.6) is 0 Å². The highest BCUT2D eigenvalue weighted by atomic mass is 127. The van der Waals surface area contributed by atoms with Gasteiger partial charge in [-0.1, -0.05) is 25.7 Å². The Hall–Kier alpha value is -0.830. The maximum Gasteiger partial charge on any atom is 0.191 e. The molecule has 27 heavy (non-hydrogen) atoms. The lowest BCUT2D eigenvalue weighted by Gasteiger charge is -2.15. The Balaban J connectivity index is 0.00000364. The Morgan fingerprint density at radius 2 is 1.89 bits per heavy atom. The van der Waals surface area contributed by atoms with E-state index in [4.69, 9.17) is 4.74 Å². The molecule has 0 spiro atoms. The Morgan fingerprint density at radius 3 is 2.48 bits per heavy atom. The van der Waals surface area contributed by atoms with Gasteiger partial charge in [0.2, 0.25) is 0 Å². The van der Waals surface area contributed by atoms with Gasteiger partial charge < -0.3 is 15.4 Å². The van der Waals surface area contributed by atoms with E-state index in [2.05, 4.69) is 41.5 Å². The van der Waals surface area contributed by atoms with E-state index in [1.807, 2.05) is 11.7 Å². The third-order valence-corrected chi connectivity index (χ3v) is 5.19. The highest BCUT2D eigenvalue weighted by Crippen LogP contribution is 2.19. The average Bonchev–Trinajstić information content (AvgIpc) is 2.81. The molecule has 0 amide bonds. The molecule has 1 aromatic rings. The quantitative estimate of drug-likeness (QED) is 0.192. The van der Waals surface area contributed by atoms with Gasteiger partial charge in [-0.2, -0.15) is 5.10 Å². The van der Waals surface area contributed by atoms with Crippen molar-refractivity contribution in [3.8, 4) is 0 Å². The van der Waals surface area contributed by atoms with E-state index in [0.29, 0.717) is 19.3 Å². The lowest BCUT2D eigenvalue weighted by atomic mass is 10.1. The SMILES string of the molecule is CCNC(=NCCOC1CCCCCC1)NCCc1c(C)nn(C)c1C.I. The molecule has 1 aliphatic carbocycles. The summed E-state index contributed by atoms with van der Waals surface area (Å²) in [6.07, 6.45) is 9.17. The van der Waals surface area contributed by atoms with E-state index in [-0.39, 0.29) is 24.0 Å². The minimum Gasteiger partial charge on any atom is -0.376 e. The molecule has 7 heteroatoms. The molecule has 2 N–H and O–H groups in total. The van der Waals surface area contributed by atoms with Crippen LogP contribution in [0.2, 0.25) is 0 Å². The van der Waals surface area contributed by atoms with Crippen LogP contribution in [0.15, 0.2) is 4.99 Å². The number of halogens is 1. The third-order valence-electron chi connectivity index (χ3n) is 5.19. The zero-order valence-electron chi connectivity index (χ0n) is 17.5. The first kappa shape index (κ1) is 24.2. The summed E-state index contributed by atoms with van der Waals surface area (Å²) >= 11 is 0. The van der Waals surface area contributed by atoms with Crippen molar-refractivity contribution in [2.45, 2.75) is 71.8 Å². The number of ether oxygens (including phenoxy) is 1. The van der Waals surface area contributed by atoms with Gasteiger partial charge in [0, 0.05) is 25.8 Å². The molecule has 0 aromatic carbocycles. The van der Waals surface area contributed by atoms with Crippen molar-refractivity contribution in [3.05, 3.63) is 17.0 Å². The van der Waals surface area contributed by atoms with Gasteiger partial charge in [0.1, 0.15) is 0 Å². The van der Waals surface area contributed by atoms with Crippen molar-refractivity contribution < 1.29 is 4.74 Å². The van der Waals surface area contributed by atoms with Crippen molar-refractivity contribution in [2.24, 2.45) is 12.0 Å². The number of rotatable bonds is 8. The van der Waals surface area contributed by atoms with Gasteiger partial charge in [0.05, 0.1) is 24.9 Å². The Kier molecular flexibility index (Phi) is 12.0. The number of nitrogens with one attached hydrogen (secondary N) is 2. The number of hydrogen-bond acceptors (Lipinski definition) is 3. The molecule has 1 heterocycles. The molecule has 2 rings (SSSR count). The Bertz CT molecular complexity index is 565. The topological polar surface area (TPSA) is 63.5 Å². The van der Waals surface area contributed by atoms with Gasteiger partial charge in [-0.3, -0.25) is 9.67 Å². The summed E-state index contributed by atoms with van der Waals surface area (Å²) in [5, 5.41) is 11.2. The smallest absolute Gasteiger partial charge is 0.191 e. The molecule has 1 aliphatic rings. The number of aryl methyl sites for hydroxylation is 2. The molecule has 1 fully saturated rings. The molecular weight excluding hydrogens is 453 g/mol. The monoisotopic (exact) mass is 491 g/mol. The van der Waals surface area contributed by atoms with E-state index in [1.165, 1.54) is 49.8 Å². The van der Waals surface area contributed by atoms with Crippen LogP contribution in [0.3, 0.4) is 0 Å². The maximum absolute atomic E-state index is 6.03. The number of aromatic nitrogens is 2. The molecule has 156 valence electrons. The van der Waals surface area contributed by atoms with Crippen molar-refractivity contribution in [1.29, 1.82) is 0 Å². The molecular formula is C20H38IN5O. The summed E-state index contributed by atoms with van der Waals surface area (Å²) in [5.74, 6) is 0.871. The minimum atomic E-state index is 0. The lowest BCUT2D eigenvalue weighted by molar-refractivity contribution is 0.0487. The van der Waals surface area contributed by atoms with Gasteiger partial charge in [-0.25, -0.2) is 0 Å². The van der Waals surface area contributed by atoms with Crippen LogP contribution >= 0.6 is 24.0 Å². The van der Waals surface area contributed by atoms with Crippen LogP contribution in [0, 0.1) is 13.8 Å². The number of hydrogen-bond donors (Lipinski definition) is 2. The number of guanidine groups is 1. The van der Waals surface area contributed by atoms with Crippen molar-refractivity contribution in [3.63, 3.8) is 0 Å². The van der Waals surface area contributed by atoms with Crippen molar-refractivity contribution in [2.75, 3.05) is 26.2 Å². The summed E-state index contributed by atoms with van der Waals surface area (Å²) in [6.45, 7) is 9.42. The summed E-state index contributed by atoms with van der Waals surface area (Å²) in [4.78, 5) is 4.65. The van der Waals surface area contributed by atoms with E-state index >= 15 is 0 Å². The second kappa shape index (κ2) is 13.4. The van der Waals surface area contributed by atoms with Gasteiger partial charge >= 0.3 is 0 Å². The second-order valence-electron chi connectivity index (χ2n) is 7.19. The second-order valence-corrected chi connectivity index (χ2v) is 7.19. The summed E-state index contributed by atoms with van der Waals surface area (Å²) < 4.78 is 7.98. The van der Waals surface area contributed by atoms with Gasteiger partial charge in [-0.15, -0.1) is 24.0 Å². The predicted octanol–water partition coefficient (Wildman–Crippen LogP) is 3.49. The molecule has 6 nitrogen and oxygen atoms in total. The third kappa shape index (κ3) is 8.37. The standard InChI is InChI=1S/C20H37N5O.HI/c1-5-21-20(22-13-12-19-16(2)24-25(4)17(19)3)23-14-15-26-18-10-8-6-7-9-11-18;/h18H,5-15H2,1-4H3,(H2,21,22,23);1H. The molecule has 0 unspecified atom stereocenters. The van der Waals surface area contributed by atoms with E-state index in [0.717, 1.165) is 31.2 Å². The molecule has 1 aromatic heterocycles. The first-order valence-corrected chi connectivity index (χ1v) is 10.2. The van der Waals surface area contributed by atoms with Crippen LogP contribution in [-0.2, 0) is 18.2 Å². The normalized spacial score (nSPS) is 15.9. The number of nitrogens with zero attached hydrogens (tertiary/aromatic N) is 3. The first-order valence-electron chi connectivity index (χ1n) is 10.2. The summed E-state index contributed by atoms with van der Waals surface area (Å²) in [7, 11) is 2.00. The molecule has 0 radical (unpaired) electrons. The zero-order chi connectivity index (χ0) is 18.8. The fraction of sp³-hybridized carbons (Fsp3) is 0.800. The van der Waals surface area contributed by atoms with Crippen LogP contribution < -0.4 is 10.6 Å². The molecule has 0 bridgehead atoms. The van der Waals surface area contributed by atoms with Crippen LogP contribution in [0.25, 0.3) is 0 Å². The average molecular weight is 491 g/mol. The fourth-order valence-corrected chi connectivity index (χ4v) is 3.61. The van der Waals surface area contributed by atoms with Crippen LogP contribution in [0.4, 0.5) is 0 Å². The summed E-state index contributed by atoms with van der Waals surface area (Å²) in [5.41, 5.74) is 3.68. The molecule has 0 atom stereocenters. The van der Waals surface area contributed by atoms with Crippen LogP contribution in [-0.4, -0.2) is 48.1 Å². The zero-order valence-corrected chi connectivity index (χ0v) is 19.8. The van der Waals surface area contributed by atoms with Gasteiger partial charge in [-0.05, 0) is 45.6 Å². The molecule has 1 saturated carbocycles. The molecule has 0 saturated heterocycles. The highest BCUT2D eigenvalue weighted by Gasteiger charge is 2.12. The van der Waals surface area contributed by atoms with Crippen molar-refractivity contribution >= 4 is 29.9 Å². The fourth-order valence-electron chi connectivity index (χ4n) is 3.61. The highest BCUT2D eigenvalue weighted by molar-refractivity contribution is 14.0. The Morgan fingerprint density at radius 1 is 1.19 bits per heavy atom. The van der Waals surface area contributed by atoms with E-state index < -0.39 is 0 Å². The number of aliphatic imine (C=N–C) groups is 1. The largest absolute Gasteiger partial charge is 0.376 e. The maximum atomic E-state index is 6.03. The van der Waals surface area contributed by atoms with Gasteiger partial charge in [0.25, 0.3) is 0 Å². The van der Waals surface area contributed by atoms with E-state index in [9.17, 15) is 0 Å². The summed E-state index contributed by atoms with van der Waals surface area (Å²) in [6, 6.07) is 0. The predicted molar refractivity (Wildman–Crippen MR) is 123 cm³/mol.